The first-order valence-corrected chi connectivity index (χ1v) is 9.32. The maximum Gasteiger partial charge on any atom is 0.339 e. The summed E-state index contributed by atoms with van der Waals surface area (Å²) in [6.45, 7) is 5.45. The SMILES string of the molecule is Cc1cc2oc(=O)c(C)c(C)c2c2c1C(=O)C[C@H](c1ccc(N(C)C)cc1)O2. The van der Waals surface area contributed by atoms with Crippen molar-refractivity contribution in [2.75, 3.05) is 19.0 Å². The van der Waals surface area contributed by atoms with Gasteiger partial charge in [-0.15, -0.1) is 0 Å². The molecule has 2 aromatic carbocycles. The van der Waals surface area contributed by atoms with Crippen LogP contribution in [0.15, 0.2) is 39.5 Å². The van der Waals surface area contributed by atoms with Crippen LogP contribution >= 0.6 is 0 Å². The summed E-state index contributed by atoms with van der Waals surface area (Å²) in [5.41, 5.74) is 4.81. The molecule has 1 aliphatic rings. The minimum atomic E-state index is -0.368. The van der Waals surface area contributed by atoms with Gasteiger partial charge >= 0.3 is 5.63 Å². The molecule has 0 aliphatic carbocycles. The number of benzene rings is 2. The van der Waals surface area contributed by atoms with Crippen molar-refractivity contribution in [3.63, 3.8) is 0 Å². The molecule has 3 aromatic rings. The zero-order valence-corrected chi connectivity index (χ0v) is 16.8. The summed E-state index contributed by atoms with van der Waals surface area (Å²) >= 11 is 0. The Bertz CT molecular complexity index is 1160. The lowest BCUT2D eigenvalue weighted by atomic mass is 9.90. The number of ketones is 1. The highest BCUT2D eigenvalue weighted by Crippen LogP contribution is 2.43. The lowest BCUT2D eigenvalue weighted by Crippen LogP contribution is -2.22. The van der Waals surface area contributed by atoms with Gasteiger partial charge in [0.15, 0.2) is 5.78 Å². The van der Waals surface area contributed by atoms with Gasteiger partial charge in [-0.3, -0.25) is 4.79 Å². The Hall–Kier alpha value is -3.08. The van der Waals surface area contributed by atoms with E-state index < -0.39 is 0 Å². The normalized spacial score (nSPS) is 16.0. The van der Waals surface area contributed by atoms with Crippen molar-refractivity contribution in [3.8, 4) is 5.75 Å². The molecule has 5 nitrogen and oxygen atoms in total. The minimum Gasteiger partial charge on any atom is -0.484 e. The summed E-state index contributed by atoms with van der Waals surface area (Å²) in [6.07, 6.45) is -0.0806. The second-order valence-corrected chi connectivity index (χ2v) is 7.63. The minimum absolute atomic E-state index is 0.0468. The number of hydrogen-bond acceptors (Lipinski definition) is 5. The summed E-state index contributed by atoms with van der Waals surface area (Å²) in [4.78, 5) is 27.1. The largest absolute Gasteiger partial charge is 0.484 e. The maximum absolute atomic E-state index is 13.0. The summed E-state index contributed by atoms with van der Waals surface area (Å²) in [5.74, 6) is 0.572. The van der Waals surface area contributed by atoms with Gasteiger partial charge < -0.3 is 14.1 Å². The van der Waals surface area contributed by atoms with Crippen molar-refractivity contribution in [2.24, 2.45) is 0 Å². The number of hydrogen-bond donors (Lipinski definition) is 0. The first kappa shape index (κ1) is 18.3. The van der Waals surface area contributed by atoms with E-state index in [9.17, 15) is 9.59 Å². The van der Waals surface area contributed by atoms with Gasteiger partial charge in [-0.2, -0.15) is 0 Å². The molecule has 144 valence electrons. The third-order valence-corrected chi connectivity index (χ3v) is 5.58. The van der Waals surface area contributed by atoms with Crippen LogP contribution < -0.4 is 15.3 Å². The van der Waals surface area contributed by atoms with E-state index in [0.717, 1.165) is 22.4 Å². The van der Waals surface area contributed by atoms with Crippen molar-refractivity contribution < 1.29 is 13.9 Å². The molecule has 5 heteroatoms. The van der Waals surface area contributed by atoms with Gasteiger partial charge in [0.05, 0.1) is 17.4 Å². The number of carbonyl (C=O) groups is 1. The summed E-state index contributed by atoms with van der Waals surface area (Å²) in [7, 11) is 3.97. The summed E-state index contributed by atoms with van der Waals surface area (Å²) in [5, 5.41) is 0.709. The lowest BCUT2D eigenvalue weighted by molar-refractivity contribution is 0.0852. The quantitative estimate of drug-likeness (QED) is 0.616. The number of ether oxygens (including phenoxy) is 1. The second-order valence-electron chi connectivity index (χ2n) is 7.63. The zero-order valence-electron chi connectivity index (χ0n) is 16.8. The smallest absolute Gasteiger partial charge is 0.339 e. The molecule has 0 spiro atoms. The summed E-state index contributed by atoms with van der Waals surface area (Å²) < 4.78 is 11.8. The fraction of sp³-hybridized carbons (Fsp3) is 0.304. The molecular weight excluding hydrogens is 354 g/mol. The Morgan fingerprint density at radius 2 is 1.68 bits per heavy atom. The van der Waals surface area contributed by atoms with E-state index >= 15 is 0 Å². The fourth-order valence-corrected chi connectivity index (χ4v) is 3.80. The van der Waals surface area contributed by atoms with Crippen LogP contribution in [0.3, 0.4) is 0 Å². The van der Waals surface area contributed by atoms with E-state index in [-0.39, 0.29) is 23.9 Å². The molecular formula is C23H23NO4. The van der Waals surface area contributed by atoms with Crippen LogP contribution in [0.1, 0.15) is 45.1 Å². The van der Waals surface area contributed by atoms with E-state index in [1.807, 2.05) is 57.1 Å². The molecule has 1 aromatic heterocycles. The van der Waals surface area contributed by atoms with Crippen molar-refractivity contribution >= 4 is 22.4 Å². The molecule has 0 bridgehead atoms. The Labute approximate surface area is 163 Å². The van der Waals surface area contributed by atoms with Gasteiger partial charge in [0.25, 0.3) is 0 Å². The first-order valence-electron chi connectivity index (χ1n) is 9.32. The maximum atomic E-state index is 13.0. The molecule has 0 saturated carbocycles. The third-order valence-electron chi connectivity index (χ3n) is 5.58. The zero-order chi connectivity index (χ0) is 20.2. The van der Waals surface area contributed by atoms with Crippen molar-refractivity contribution in [1.29, 1.82) is 0 Å². The highest BCUT2D eigenvalue weighted by molar-refractivity contribution is 6.07. The number of anilines is 1. The van der Waals surface area contributed by atoms with Gasteiger partial charge in [-0.05, 0) is 55.7 Å². The predicted molar refractivity (Wildman–Crippen MR) is 110 cm³/mol. The number of aryl methyl sites for hydroxylation is 2. The molecule has 0 N–H and O–H groups in total. The first-order chi connectivity index (χ1) is 13.3. The standard InChI is InChI=1S/C23H23NO4/c1-12-10-19-21(13(2)14(3)23(26)28-19)22-20(12)17(25)11-18(27-22)15-6-8-16(9-7-15)24(4)5/h6-10,18H,11H2,1-5H3/t18-/m1/s1. The van der Waals surface area contributed by atoms with Crippen LogP contribution in [0.4, 0.5) is 5.69 Å². The molecule has 4 rings (SSSR count). The van der Waals surface area contributed by atoms with Crippen molar-refractivity contribution in [2.45, 2.75) is 33.3 Å². The number of fused-ring (bicyclic) bond motifs is 3. The molecule has 28 heavy (non-hydrogen) atoms. The fourth-order valence-electron chi connectivity index (χ4n) is 3.80. The summed E-state index contributed by atoms with van der Waals surface area (Å²) in [6, 6.07) is 9.78. The van der Waals surface area contributed by atoms with E-state index in [4.69, 9.17) is 9.15 Å². The molecule has 1 aliphatic heterocycles. The van der Waals surface area contributed by atoms with Crippen LogP contribution in [0.25, 0.3) is 11.0 Å². The van der Waals surface area contributed by atoms with Crippen LogP contribution in [-0.2, 0) is 0 Å². The van der Waals surface area contributed by atoms with E-state index in [1.54, 1.807) is 13.0 Å². The molecule has 1 atom stereocenters. The third kappa shape index (κ3) is 2.78. The van der Waals surface area contributed by atoms with Crippen LogP contribution in [0.5, 0.6) is 5.75 Å². The second kappa shape index (κ2) is 6.51. The molecule has 0 fully saturated rings. The Morgan fingerprint density at radius 3 is 2.32 bits per heavy atom. The topological polar surface area (TPSA) is 59.8 Å². The number of Topliss-reactive ketones (excluding diaryl/α,β-unsaturated/α-hetero) is 1. The van der Waals surface area contributed by atoms with Gasteiger partial charge in [0.1, 0.15) is 17.4 Å². The molecule has 0 radical (unpaired) electrons. The van der Waals surface area contributed by atoms with E-state index in [1.165, 1.54) is 0 Å². The van der Waals surface area contributed by atoms with Gasteiger partial charge in [0, 0.05) is 25.3 Å². The molecule has 0 saturated heterocycles. The van der Waals surface area contributed by atoms with E-state index in [2.05, 4.69) is 0 Å². The van der Waals surface area contributed by atoms with Gasteiger partial charge in [-0.1, -0.05) is 12.1 Å². The Morgan fingerprint density at radius 1 is 1.00 bits per heavy atom. The van der Waals surface area contributed by atoms with Crippen molar-refractivity contribution in [1.82, 2.24) is 0 Å². The van der Waals surface area contributed by atoms with Crippen LogP contribution in [-0.4, -0.2) is 19.9 Å². The number of rotatable bonds is 2. The predicted octanol–water partition coefficient (Wildman–Crippen LogP) is 4.49. The molecule has 0 unspecified atom stereocenters. The van der Waals surface area contributed by atoms with Gasteiger partial charge in [0.2, 0.25) is 0 Å². The Kier molecular flexibility index (Phi) is 4.26. The average Bonchev–Trinajstić information content (AvgIpc) is 2.65. The highest BCUT2D eigenvalue weighted by atomic mass is 16.5. The lowest BCUT2D eigenvalue weighted by Gasteiger charge is -2.28. The van der Waals surface area contributed by atoms with Gasteiger partial charge in [-0.25, -0.2) is 4.79 Å². The van der Waals surface area contributed by atoms with Crippen LogP contribution in [0, 0.1) is 20.8 Å². The number of carbonyl (C=O) groups excluding carboxylic acids is 1. The van der Waals surface area contributed by atoms with E-state index in [0.29, 0.717) is 27.8 Å². The highest BCUT2D eigenvalue weighted by Gasteiger charge is 2.32. The van der Waals surface area contributed by atoms with Crippen molar-refractivity contribution in [3.05, 3.63) is 68.6 Å². The molecule has 2 heterocycles. The average molecular weight is 377 g/mol. The Balaban J connectivity index is 1.88. The molecule has 0 amide bonds. The monoisotopic (exact) mass is 377 g/mol. The van der Waals surface area contributed by atoms with Crippen LogP contribution in [0.2, 0.25) is 0 Å². The number of nitrogens with zero attached hydrogens (tertiary/aromatic N) is 1.